The summed E-state index contributed by atoms with van der Waals surface area (Å²) in [6.07, 6.45) is -1.63. The average molecular weight is 987 g/mol. The Kier molecular flexibility index (Phi) is 17.3. The molecule has 0 spiro atoms. The van der Waals surface area contributed by atoms with Gasteiger partial charge >= 0.3 is 24.1 Å². The molecule has 0 aliphatic carbocycles. The minimum atomic E-state index is -1.86. The van der Waals surface area contributed by atoms with E-state index in [0.29, 0.717) is 12.2 Å². The molecule has 3 saturated heterocycles. The Bertz CT molecular complexity index is 2410. The molecule has 20 heteroatoms. The fourth-order valence-corrected chi connectivity index (χ4v) is 10.1. The molecule has 3 aliphatic heterocycles. The molecular formula is C51H66N6O14. The second-order valence-corrected chi connectivity index (χ2v) is 19.5. The van der Waals surface area contributed by atoms with Crippen LogP contribution < -0.4 is 10.6 Å². The first-order valence-corrected chi connectivity index (χ1v) is 23.9. The number of nitrogens with zero attached hydrogens (tertiary/aromatic N) is 4. The van der Waals surface area contributed by atoms with Crippen LogP contribution in [0.4, 0.5) is 15.3 Å². The molecule has 4 heterocycles. The predicted octanol–water partition coefficient (Wildman–Crippen LogP) is 6.29. The van der Waals surface area contributed by atoms with Crippen molar-refractivity contribution in [1.82, 2.24) is 25.5 Å². The van der Waals surface area contributed by atoms with Crippen LogP contribution in [0.3, 0.4) is 0 Å². The standard InChI is InChI=1S/C51H66N6O14/c1-11-38-51(8)42(55-49(63)71-51)30(4)39(58)28(2)27-50(7,70-48(62)54-23-12-14-33-15-17-34(18-16-33)44-52-24-13-25-53-44)43(69-47-40(59)37(56(9)10)26-29(3)66-47)31(5)41(32(6)45(60)67-38)68-46(61)35-19-21-36(22-20-35)57(64)65/h12-22,24-25,28-32,37-38,40-43,47,59H,11,23,26-27H2,1-10H3,(H,54,62)(H,55,63)/b14-12+/t28-,29-,30+,31+,32-,37+,38-,40-,41+,42-,43-,47+,50-,51-/m1/s1. The average Bonchev–Trinajstić information content (AvgIpc) is 3.66. The number of ketones is 1. The summed E-state index contributed by atoms with van der Waals surface area (Å²) in [6.45, 7) is 13.1. The van der Waals surface area contributed by atoms with Gasteiger partial charge in [-0.2, -0.15) is 0 Å². The van der Waals surface area contributed by atoms with E-state index in [9.17, 15) is 39.2 Å². The van der Waals surface area contributed by atoms with Gasteiger partial charge in [-0.25, -0.2) is 24.4 Å². The monoisotopic (exact) mass is 986 g/mol. The number of carbonyl (C=O) groups excluding carboxylic acids is 5. The number of carbonyl (C=O) groups is 5. The third kappa shape index (κ3) is 12.4. The number of Topliss-reactive ketones (excluding diaryl/α,β-unsaturated/α-hetero) is 1. The van der Waals surface area contributed by atoms with Gasteiger partial charge in [0.15, 0.2) is 17.7 Å². The van der Waals surface area contributed by atoms with Crippen LogP contribution in [-0.4, -0.2) is 136 Å². The molecule has 71 heavy (non-hydrogen) atoms. The molecule has 0 radical (unpaired) electrons. The van der Waals surface area contributed by atoms with Crippen molar-refractivity contribution >= 4 is 41.7 Å². The molecule has 3 N–H and O–H groups in total. The minimum absolute atomic E-state index is 0.00551. The third-order valence-electron chi connectivity index (χ3n) is 13.9. The Morgan fingerprint density at radius 1 is 1.00 bits per heavy atom. The number of amides is 2. The number of ether oxygens (including phenoxy) is 6. The Morgan fingerprint density at radius 2 is 1.66 bits per heavy atom. The molecule has 2 amide bonds. The van der Waals surface area contributed by atoms with Crippen LogP contribution in [0, 0.1) is 33.8 Å². The van der Waals surface area contributed by atoms with Crippen LogP contribution in [0.1, 0.15) is 90.6 Å². The van der Waals surface area contributed by atoms with Gasteiger partial charge in [0.1, 0.15) is 35.8 Å². The largest absolute Gasteiger partial charge is 0.458 e. The summed E-state index contributed by atoms with van der Waals surface area (Å²) in [7, 11) is 3.60. The van der Waals surface area contributed by atoms with E-state index in [1.54, 1.807) is 86.2 Å². The smallest absolute Gasteiger partial charge is 0.408 e. The highest BCUT2D eigenvalue weighted by molar-refractivity contribution is 5.90. The number of hydrogen-bond acceptors (Lipinski definition) is 17. The van der Waals surface area contributed by atoms with Crippen molar-refractivity contribution in [3.05, 3.63) is 94.3 Å². The molecule has 384 valence electrons. The number of esters is 2. The molecule has 1 aromatic heterocycles. The lowest BCUT2D eigenvalue weighted by Gasteiger charge is -2.48. The zero-order valence-corrected chi connectivity index (χ0v) is 41.8. The van der Waals surface area contributed by atoms with Gasteiger partial charge in [-0.05, 0) is 84.8 Å². The summed E-state index contributed by atoms with van der Waals surface area (Å²) < 4.78 is 37.8. The number of likely N-dealkylation sites (N-methyl/N-ethyl adjacent to an activating group) is 1. The topological polar surface area (TPSA) is 257 Å². The van der Waals surface area contributed by atoms with E-state index in [1.165, 1.54) is 19.1 Å². The number of nitro benzene ring substituents is 1. The normalized spacial score (nSPS) is 32.7. The number of alkyl carbamates (subject to hydrolysis) is 2. The Morgan fingerprint density at radius 3 is 2.28 bits per heavy atom. The van der Waals surface area contributed by atoms with Gasteiger partial charge < -0.3 is 49.1 Å². The fraction of sp³-hybridized carbons (Fsp3) is 0.549. The summed E-state index contributed by atoms with van der Waals surface area (Å²) in [6, 6.07) is 12.5. The Balaban J connectivity index is 1.42. The molecule has 6 rings (SSSR count). The second kappa shape index (κ2) is 22.8. The zero-order chi connectivity index (χ0) is 51.9. The van der Waals surface area contributed by atoms with Crippen LogP contribution in [-0.2, 0) is 38.0 Å². The van der Waals surface area contributed by atoms with E-state index in [4.69, 9.17) is 28.4 Å². The predicted molar refractivity (Wildman–Crippen MR) is 257 cm³/mol. The molecular weight excluding hydrogens is 921 g/mol. The van der Waals surface area contributed by atoms with Crippen molar-refractivity contribution in [2.24, 2.45) is 23.7 Å². The van der Waals surface area contributed by atoms with E-state index in [-0.39, 0.29) is 36.4 Å². The van der Waals surface area contributed by atoms with E-state index in [0.717, 1.165) is 23.3 Å². The van der Waals surface area contributed by atoms with Crippen LogP contribution in [0.15, 0.2) is 73.1 Å². The molecule has 14 atom stereocenters. The van der Waals surface area contributed by atoms with Crippen LogP contribution in [0.5, 0.6) is 0 Å². The SMILES string of the molecule is CC[C@H]1OC(=O)[C@H](C)[C@@H](OC(=O)c2ccc([N+](=O)[O-])cc2)[C@H](C)[C@@H](O[C@@H]2O[C@H](C)C[C@H](N(C)C)[C@H]2O)[C@](C)(OC(=O)NC/C=C/c2ccc(-c3ncccn3)cc2)C[C@@H](C)C(=O)[C@H](C)[C@H]2NC(=O)O[C@@]21C. The fourth-order valence-electron chi connectivity index (χ4n) is 10.1. The van der Waals surface area contributed by atoms with E-state index < -0.39 is 113 Å². The second-order valence-electron chi connectivity index (χ2n) is 19.5. The zero-order valence-electron chi connectivity index (χ0n) is 41.8. The maximum Gasteiger partial charge on any atom is 0.408 e. The maximum atomic E-state index is 14.8. The first kappa shape index (κ1) is 54.0. The number of rotatable bonds is 12. The number of aromatic nitrogens is 2. The van der Waals surface area contributed by atoms with Crippen LogP contribution >= 0.6 is 0 Å². The van der Waals surface area contributed by atoms with Gasteiger partial charge in [0.05, 0.1) is 28.6 Å². The van der Waals surface area contributed by atoms with E-state index in [1.807, 2.05) is 36.1 Å². The number of benzene rings is 2. The molecule has 20 nitrogen and oxygen atoms in total. The summed E-state index contributed by atoms with van der Waals surface area (Å²) in [5, 5.41) is 28.9. The molecule has 3 fully saturated rings. The highest BCUT2D eigenvalue weighted by Gasteiger charge is 2.58. The lowest BCUT2D eigenvalue weighted by atomic mass is 9.73. The van der Waals surface area contributed by atoms with Gasteiger partial charge in [0.25, 0.3) is 5.69 Å². The van der Waals surface area contributed by atoms with Gasteiger partial charge in [0, 0.05) is 60.4 Å². The molecule has 2 aromatic carbocycles. The van der Waals surface area contributed by atoms with Crippen molar-refractivity contribution in [2.45, 2.75) is 135 Å². The first-order chi connectivity index (χ1) is 33.6. The maximum absolute atomic E-state index is 14.8. The molecule has 3 aromatic rings. The number of fused-ring (bicyclic) bond motifs is 1. The number of nitrogens with one attached hydrogen (secondary N) is 2. The van der Waals surface area contributed by atoms with Crippen molar-refractivity contribution in [3.8, 4) is 11.4 Å². The van der Waals surface area contributed by atoms with Gasteiger partial charge in [0.2, 0.25) is 0 Å². The van der Waals surface area contributed by atoms with Gasteiger partial charge in [-0.15, -0.1) is 0 Å². The van der Waals surface area contributed by atoms with Crippen molar-refractivity contribution in [2.75, 3.05) is 20.6 Å². The Hall–Kier alpha value is -6.35. The van der Waals surface area contributed by atoms with Crippen LogP contribution in [0.25, 0.3) is 17.5 Å². The van der Waals surface area contributed by atoms with Crippen molar-refractivity contribution in [1.29, 1.82) is 0 Å². The van der Waals surface area contributed by atoms with E-state index in [2.05, 4.69) is 20.6 Å². The minimum Gasteiger partial charge on any atom is -0.458 e. The molecule has 0 unspecified atom stereocenters. The number of cyclic esters (lactones) is 1. The third-order valence-corrected chi connectivity index (χ3v) is 13.9. The first-order valence-electron chi connectivity index (χ1n) is 23.9. The number of aliphatic hydroxyl groups is 1. The number of aliphatic hydroxyl groups excluding tert-OH is 1. The highest BCUT2D eigenvalue weighted by atomic mass is 16.7. The van der Waals surface area contributed by atoms with Gasteiger partial charge in [-0.1, -0.05) is 64.1 Å². The summed E-state index contributed by atoms with van der Waals surface area (Å²) in [5.41, 5.74) is -2.11. The van der Waals surface area contributed by atoms with Crippen LogP contribution in [0.2, 0.25) is 0 Å². The lowest BCUT2D eigenvalue weighted by Crippen LogP contribution is -2.61. The van der Waals surface area contributed by atoms with Gasteiger partial charge in [-0.3, -0.25) is 19.7 Å². The lowest BCUT2D eigenvalue weighted by molar-refractivity contribution is -0.384. The molecule has 0 saturated carbocycles. The van der Waals surface area contributed by atoms with Crippen molar-refractivity contribution < 1.29 is 62.4 Å². The summed E-state index contributed by atoms with van der Waals surface area (Å²) in [5.74, 6) is -5.95. The van der Waals surface area contributed by atoms with E-state index >= 15 is 0 Å². The molecule has 3 aliphatic rings. The number of nitro groups is 1. The quantitative estimate of drug-likeness (QED) is 0.0779. The number of hydrogen-bond donors (Lipinski definition) is 3. The number of non-ortho nitro benzene ring substituents is 1. The summed E-state index contributed by atoms with van der Waals surface area (Å²) >= 11 is 0. The Labute approximate surface area is 413 Å². The molecule has 0 bridgehead atoms. The summed E-state index contributed by atoms with van der Waals surface area (Å²) in [4.78, 5) is 92.0. The van der Waals surface area contributed by atoms with Crippen molar-refractivity contribution in [3.63, 3.8) is 0 Å². The highest BCUT2D eigenvalue weighted by Crippen LogP contribution is 2.42.